The van der Waals surface area contributed by atoms with E-state index in [2.05, 4.69) is 50.1 Å². The van der Waals surface area contributed by atoms with Gasteiger partial charge in [0.05, 0.1) is 42.0 Å². The summed E-state index contributed by atoms with van der Waals surface area (Å²) in [6.45, 7) is 3.39. The van der Waals surface area contributed by atoms with Crippen LogP contribution in [0.1, 0.15) is 0 Å². The Kier molecular flexibility index (Phi) is 11.1. The molecule has 0 aromatic heterocycles. The van der Waals surface area contributed by atoms with E-state index in [1.807, 2.05) is 48.5 Å². The van der Waals surface area contributed by atoms with Crippen LogP contribution in [0.5, 0.6) is 11.5 Å². The van der Waals surface area contributed by atoms with Gasteiger partial charge in [0.1, 0.15) is 18.1 Å². The van der Waals surface area contributed by atoms with E-state index in [1.165, 1.54) is 5.39 Å². The quantitative estimate of drug-likeness (QED) is 0.202. The highest BCUT2D eigenvalue weighted by Crippen LogP contribution is 2.33. The van der Waals surface area contributed by atoms with Crippen LogP contribution < -0.4 is 4.74 Å². The summed E-state index contributed by atoms with van der Waals surface area (Å²) in [6.07, 6.45) is 0. The van der Waals surface area contributed by atoms with E-state index in [0.717, 1.165) is 30.9 Å². The number of hydrogen-bond donors (Lipinski definition) is 1. The summed E-state index contributed by atoms with van der Waals surface area (Å²) in [5, 5.41) is 13.9. The van der Waals surface area contributed by atoms with Crippen LogP contribution in [0, 0.1) is 0 Å². The highest BCUT2D eigenvalue weighted by Gasteiger charge is 2.05. The smallest absolute Gasteiger partial charge is 0.134 e. The average Bonchev–Trinajstić information content (AvgIpc) is 2.87. The third-order valence-corrected chi connectivity index (χ3v) is 6.61. The summed E-state index contributed by atoms with van der Waals surface area (Å²) in [4.78, 5) is 0. The molecule has 180 valence electrons. The Morgan fingerprint density at radius 2 is 1.15 bits per heavy atom. The number of hydrogen-bond acceptors (Lipinski definition) is 5. The Labute approximate surface area is 216 Å². The van der Waals surface area contributed by atoms with Crippen molar-refractivity contribution in [3.05, 3.63) is 81.7 Å². The molecule has 4 rings (SSSR count). The molecule has 0 aliphatic rings. The first-order valence-corrected chi connectivity index (χ1v) is 12.5. The highest BCUT2D eigenvalue weighted by atomic mass is 79.9. The summed E-state index contributed by atoms with van der Waals surface area (Å²) in [5.41, 5.74) is 0. The van der Waals surface area contributed by atoms with Crippen molar-refractivity contribution in [1.82, 2.24) is 0 Å². The second-order valence-corrected chi connectivity index (χ2v) is 8.87. The molecule has 4 aromatic carbocycles. The molecule has 0 saturated carbocycles. The Hall–Kier alpha value is -2.16. The van der Waals surface area contributed by atoms with E-state index in [9.17, 15) is 5.11 Å². The Balaban J connectivity index is 0.000000226. The van der Waals surface area contributed by atoms with Gasteiger partial charge in [0.15, 0.2) is 0 Å². The minimum absolute atomic E-state index is 0.286. The molecule has 0 amide bonds. The molecule has 5 nitrogen and oxygen atoms in total. The fourth-order valence-corrected chi connectivity index (χ4v) is 4.32. The van der Waals surface area contributed by atoms with Crippen molar-refractivity contribution < 1.29 is 24.1 Å². The van der Waals surface area contributed by atoms with Crippen LogP contribution in [0.25, 0.3) is 21.5 Å². The second-order valence-electron chi connectivity index (χ2n) is 7.28. The van der Waals surface area contributed by atoms with Gasteiger partial charge in [0.2, 0.25) is 0 Å². The van der Waals surface area contributed by atoms with Gasteiger partial charge in [-0.3, -0.25) is 0 Å². The zero-order valence-corrected chi connectivity index (χ0v) is 22.2. The minimum atomic E-state index is 0.286. The molecule has 0 saturated heterocycles. The maximum atomic E-state index is 9.37. The van der Waals surface area contributed by atoms with Gasteiger partial charge in [-0.25, -0.2) is 0 Å². The number of fused-ring (bicyclic) bond motifs is 2. The maximum absolute atomic E-state index is 9.37. The monoisotopic (exact) mass is 590 g/mol. The van der Waals surface area contributed by atoms with E-state index >= 15 is 0 Å². The Morgan fingerprint density at radius 3 is 1.79 bits per heavy atom. The van der Waals surface area contributed by atoms with Crippen LogP contribution in [0.15, 0.2) is 81.7 Å². The van der Waals surface area contributed by atoms with Crippen LogP contribution in [0.4, 0.5) is 0 Å². The molecule has 1 N–H and O–H groups in total. The van der Waals surface area contributed by atoms with Crippen LogP contribution in [-0.4, -0.2) is 51.9 Å². The summed E-state index contributed by atoms with van der Waals surface area (Å²) in [5.74, 6) is 1.12. The molecule has 4 aromatic rings. The second kappa shape index (κ2) is 14.3. The van der Waals surface area contributed by atoms with Gasteiger partial charge >= 0.3 is 0 Å². The van der Waals surface area contributed by atoms with Gasteiger partial charge < -0.3 is 24.1 Å². The zero-order valence-electron chi connectivity index (χ0n) is 19.0. The standard InChI is InChI=1S/C17H21BrO4.C10H7BrO/c1-19-8-9-20-10-11-21-12-13-22-16-7-6-14-4-2-3-5-15(14)17(16)18;11-10-8-4-2-1-3-7(8)5-6-9(10)12/h2-7H,8-13H2,1H3;1-6,12H. The van der Waals surface area contributed by atoms with Crippen LogP contribution in [0.2, 0.25) is 0 Å². The Morgan fingerprint density at radius 1 is 0.618 bits per heavy atom. The molecular weight excluding hydrogens is 564 g/mol. The summed E-state index contributed by atoms with van der Waals surface area (Å²) < 4.78 is 23.2. The molecule has 0 radical (unpaired) electrons. The lowest BCUT2D eigenvalue weighted by Crippen LogP contribution is -2.12. The van der Waals surface area contributed by atoms with Crippen molar-refractivity contribution in [2.45, 2.75) is 0 Å². The Bertz CT molecular complexity index is 1180. The summed E-state index contributed by atoms with van der Waals surface area (Å²) >= 11 is 6.93. The lowest BCUT2D eigenvalue weighted by molar-refractivity contribution is 0.0179. The van der Waals surface area contributed by atoms with Crippen LogP contribution >= 0.6 is 31.9 Å². The fraction of sp³-hybridized carbons (Fsp3) is 0.259. The third kappa shape index (κ3) is 7.68. The molecule has 0 fully saturated rings. The van der Waals surface area contributed by atoms with Gasteiger partial charge in [-0.05, 0) is 65.5 Å². The van der Waals surface area contributed by atoms with Gasteiger partial charge in [-0.15, -0.1) is 0 Å². The van der Waals surface area contributed by atoms with Crippen LogP contribution in [-0.2, 0) is 14.2 Å². The molecule has 34 heavy (non-hydrogen) atoms. The van der Waals surface area contributed by atoms with Crippen molar-refractivity contribution >= 4 is 53.4 Å². The first-order valence-electron chi connectivity index (χ1n) is 10.9. The molecule has 7 heteroatoms. The van der Waals surface area contributed by atoms with Gasteiger partial charge in [0, 0.05) is 7.11 Å². The van der Waals surface area contributed by atoms with E-state index in [4.69, 9.17) is 18.9 Å². The van der Waals surface area contributed by atoms with Crippen molar-refractivity contribution in [2.75, 3.05) is 46.8 Å². The average molecular weight is 592 g/mol. The van der Waals surface area contributed by atoms with Crippen molar-refractivity contribution in [3.8, 4) is 11.5 Å². The molecule has 0 bridgehead atoms. The topological polar surface area (TPSA) is 57.2 Å². The van der Waals surface area contributed by atoms with Crippen molar-refractivity contribution in [2.24, 2.45) is 0 Å². The highest BCUT2D eigenvalue weighted by molar-refractivity contribution is 9.11. The number of phenolic OH excluding ortho intramolecular Hbond substituents is 1. The fourth-order valence-electron chi connectivity index (χ4n) is 3.22. The predicted molar refractivity (Wildman–Crippen MR) is 144 cm³/mol. The van der Waals surface area contributed by atoms with E-state index < -0.39 is 0 Å². The van der Waals surface area contributed by atoms with E-state index in [0.29, 0.717) is 39.6 Å². The molecule has 0 spiro atoms. The van der Waals surface area contributed by atoms with Gasteiger partial charge in [0.25, 0.3) is 0 Å². The number of rotatable bonds is 10. The number of benzene rings is 4. The number of methoxy groups -OCH3 is 1. The lowest BCUT2D eigenvalue weighted by Gasteiger charge is -2.11. The molecule has 0 unspecified atom stereocenters. The van der Waals surface area contributed by atoms with Gasteiger partial charge in [-0.1, -0.05) is 60.7 Å². The van der Waals surface area contributed by atoms with E-state index in [1.54, 1.807) is 13.2 Å². The van der Waals surface area contributed by atoms with Gasteiger partial charge in [-0.2, -0.15) is 0 Å². The molecule has 0 atom stereocenters. The first kappa shape index (κ1) is 26.4. The summed E-state index contributed by atoms with van der Waals surface area (Å²) in [7, 11) is 1.65. The number of aromatic hydroxyl groups is 1. The third-order valence-electron chi connectivity index (χ3n) is 4.96. The largest absolute Gasteiger partial charge is 0.507 e. The maximum Gasteiger partial charge on any atom is 0.134 e. The van der Waals surface area contributed by atoms with Crippen molar-refractivity contribution in [1.29, 1.82) is 0 Å². The number of ether oxygens (including phenoxy) is 4. The molecule has 0 aliphatic heterocycles. The van der Waals surface area contributed by atoms with Crippen molar-refractivity contribution in [3.63, 3.8) is 0 Å². The molecular formula is C27H28Br2O5. The molecule has 0 heterocycles. The predicted octanol–water partition coefficient (Wildman–Crippen LogP) is 6.97. The normalized spacial score (nSPS) is 10.8. The molecule has 0 aliphatic carbocycles. The summed E-state index contributed by atoms with van der Waals surface area (Å²) in [6, 6.07) is 23.7. The first-order chi connectivity index (χ1) is 16.6. The lowest BCUT2D eigenvalue weighted by atomic mass is 10.1. The van der Waals surface area contributed by atoms with Crippen LogP contribution in [0.3, 0.4) is 0 Å². The minimum Gasteiger partial charge on any atom is -0.507 e. The van der Waals surface area contributed by atoms with E-state index in [-0.39, 0.29) is 5.75 Å². The SMILES string of the molecule is COCCOCCOCCOc1ccc2ccccc2c1Br.Oc1ccc2ccccc2c1Br. The zero-order chi connectivity index (χ0) is 24.2. The number of halogens is 2. The number of phenols is 1.